The molecule has 0 radical (unpaired) electrons. The van der Waals surface area contributed by atoms with Gasteiger partial charge in [0, 0.05) is 24.3 Å². The first-order chi connectivity index (χ1) is 8.86. The van der Waals surface area contributed by atoms with Gasteiger partial charge in [-0.2, -0.15) is 4.99 Å². The number of carbonyl (C=O) groups excluding carboxylic acids is 1. The molecule has 0 amide bonds. The van der Waals surface area contributed by atoms with Crippen LogP contribution in [0.25, 0.3) is 0 Å². The average Bonchev–Trinajstić information content (AvgIpc) is 3.21. The van der Waals surface area contributed by atoms with Gasteiger partial charge >= 0.3 is 0 Å². The SMILES string of the molecule is O=C=NC1(c2ccccc2N2CCCCC2)CC1. The normalized spacial score (nSPS) is 21.2. The van der Waals surface area contributed by atoms with Gasteiger partial charge in [-0.25, -0.2) is 4.79 Å². The van der Waals surface area contributed by atoms with Crippen molar-refractivity contribution in [2.24, 2.45) is 4.99 Å². The summed E-state index contributed by atoms with van der Waals surface area (Å²) in [5.74, 6) is 0. The standard InChI is InChI=1S/C15H18N2O/c18-12-16-15(8-9-15)13-6-2-3-7-14(13)17-10-4-1-5-11-17/h2-3,6-7H,1,4-5,8-11H2. The predicted octanol–water partition coefficient (Wildman–Crippen LogP) is 3.00. The van der Waals surface area contributed by atoms with Crippen LogP contribution in [0.2, 0.25) is 0 Å². The molecule has 0 spiro atoms. The molecule has 1 aromatic carbocycles. The number of rotatable bonds is 3. The number of benzene rings is 1. The Kier molecular flexibility index (Phi) is 2.92. The Bertz CT molecular complexity index is 481. The number of hydrogen-bond donors (Lipinski definition) is 0. The summed E-state index contributed by atoms with van der Waals surface area (Å²) in [5, 5.41) is 0. The van der Waals surface area contributed by atoms with Crippen molar-refractivity contribution in [3.05, 3.63) is 29.8 Å². The lowest BCUT2D eigenvalue weighted by Gasteiger charge is -2.31. The third kappa shape index (κ3) is 1.95. The number of isocyanates is 1. The molecule has 1 aliphatic carbocycles. The molecule has 0 N–H and O–H groups in total. The van der Waals surface area contributed by atoms with Crippen LogP contribution >= 0.6 is 0 Å². The van der Waals surface area contributed by atoms with Gasteiger partial charge in [-0.15, -0.1) is 0 Å². The van der Waals surface area contributed by atoms with Crippen LogP contribution in [-0.2, 0) is 10.3 Å². The first kappa shape index (κ1) is 11.5. The topological polar surface area (TPSA) is 32.7 Å². The molecule has 0 atom stereocenters. The van der Waals surface area contributed by atoms with E-state index in [0.29, 0.717) is 0 Å². The fraction of sp³-hybridized carbons (Fsp3) is 0.533. The summed E-state index contributed by atoms with van der Waals surface area (Å²) in [5.41, 5.74) is 2.24. The zero-order valence-corrected chi connectivity index (χ0v) is 10.6. The molecule has 3 rings (SSSR count). The van der Waals surface area contributed by atoms with E-state index < -0.39 is 0 Å². The zero-order valence-electron chi connectivity index (χ0n) is 10.6. The van der Waals surface area contributed by atoms with E-state index in [0.717, 1.165) is 25.9 Å². The molecule has 94 valence electrons. The number of nitrogens with zero attached hydrogens (tertiary/aromatic N) is 2. The third-order valence-corrected chi connectivity index (χ3v) is 4.09. The highest BCUT2D eigenvalue weighted by molar-refractivity contribution is 5.59. The van der Waals surface area contributed by atoms with E-state index in [9.17, 15) is 4.79 Å². The largest absolute Gasteiger partial charge is 0.371 e. The Morgan fingerprint density at radius 3 is 2.50 bits per heavy atom. The predicted molar refractivity (Wildman–Crippen MR) is 71.5 cm³/mol. The van der Waals surface area contributed by atoms with Crippen LogP contribution in [-0.4, -0.2) is 19.2 Å². The van der Waals surface area contributed by atoms with Crippen LogP contribution in [0.4, 0.5) is 5.69 Å². The van der Waals surface area contributed by atoms with Crippen molar-refractivity contribution in [3.63, 3.8) is 0 Å². The average molecular weight is 242 g/mol. The molecule has 0 bridgehead atoms. The van der Waals surface area contributed by atoms with Crippen LogP contribution in [0.15, 0.2) is 29.3 Å². The van der Waals surface area contributed by atoms with Gasteiger partial charge in [0.2, 0.25) is 6.08 Å². The van der Waals surface area contributed by atoms with Gasteiger partial charge in [0.05, 0.1) is 0 Å². The quantitative estimate of drug-likeness (QED) is 0.603. The summed E-state index contributed by atoms with van der Waals surface area (Å²) in [6.07, 6.45) is 7.57. The van der Waals surface area contributed by atoms with E-state index in [4.69, 9.17) is 0 Å². The van der Waals surface area contributed by atoms with Crippen LogP contribution in [0, 0.1) is 0 Å². The van der Waals surface area contributed by atoms with Crippen molar-refractivity contribution in [2.75, 3.05) is 18.0 Å². The van der Waals surface area contributed by atoms with Gasteiger partial charge in [-0.05, 0) is 38.2 Å². The van der Waals surface area contributed by atoms with Crippen molar-refractivity contribution in [3.8, 4) is 0 Å². The Morgan fingerprint density at radius 2 is 1.83 bits per heavy atom. The Morgan fingerprint density at radius 1 is 1.11 bits per heavy atom. The maximum Gasteiger partial charge on any atom is 0.235 e. The van der Waals surface area contributed by atoms with Gasteiger partial charge in [-0.1, -0.05) is 18.2 Å². The summed E-state index contributed by atoms with van der Waals surface area (Å²) >= 11 is 0. The monoisotopic (exact) mass is 242 g/mol. The molecule has 1 aliphatic heterocycles. The molecule has 1 saturated heterocycles. The van der Waals surface area contributed by atoms with Gasteiger partial charge < -0.3 is 4.90 Å². The summed E-state index contributed by atoms with van der Waals surface area (Å²) in [6, 6.07) is 8.41. The highest BCUT2D eigenvalue weighted by Gasteiger charge is 2.46. The first-order valence-electron chi connectivity index (χ1n) is 6.79. The lowest BCUT2D eigenvalue weighted by molar-refractivity contribution is 0.554. The summed E-state index contributed by atoms with van der Waals surface area (Å²) in [7, 11) is 0. The van der Waals surface area contributed by atoms with E-state index in [1.54, 1.807) is 6.08 Å². The van der Waals surface area contributed by atoms with Crippen molar-refractivity contribution < 1.29 is 4.79 Å². The molecule has 18 heavy (non-hydrogen) atoms. The molecule has 2 fully saturated rings. The van der Waals surface area contributed by atoms with Crippen molar-refractivity contribution in [1.82, 2.24) is 0 Å². The molecule has 0 aromatic heterocycles. The lowest BCUT2D eigenvalue weighted by atomic mass is 10.0. The van der Waals surface area contributed by atoms with E-state index in [1.165, 1.54) is 30.5 Å². The maximum absolute atomic E-state index is 10.6. The smallest absolute Gasteiger partial charge is 0.235 e. The second-order valence-corrected chi connectivity index (χ2v) is 5.30. The molecule has 1 heterocycles. The number of aliphatic imine (C=N–C) groups is 1. The molecule has 3 heteroatoms. The summed E-state index contributed by atoms with van der Waals surface area (Å²) < 4.78 is 0. The van der Waals surface area contributed by atoms with Crippen LogP contribution < -0.4 is 4.90 Å². The molecule has 2 aliphatic rings. The van der Waals surface area contributed by atoms with Crippen LogP contribution in [0.3, 0.4) is 0 Å². The molecule has 1 aromatic rings. The van der Waals surface area contributed by atoms with E-state index >= 15 is 0 Å². The fourth-order valence-corrected chi connectivity index (χ4v) is 2.92. The van der Waals surface area contributed by atoms with Gasteiger partial charge in [-0.3, -0.25) is 0 Å². The minimum Gasteiger partial charge on any atom is -0.371 e. The Hall–Kier alpha value is -1.60. The number of para-hydroxylation sites is 1. The third-order valence-electron chi connectivity index (χ3n) is 4.09. The lowest BCUT2D eigenvalue weighted by Crippen LogP contribution is -2.31. The number of piperidine rings is 1. The minimum atomic E-state index is -0.254. The second kappa shape index (κ2) is 4.58. The second-order valence-electron chi connectivity index (χ2n) is 5.30. The highest BCUT2D eigenvalue weighted by Crippen LogP contribution is 2.52. The van der Waals surface area contributed by atoms with Crippen molar-refractivity contribution in [1.29, 1.82) is 0 Å². The molecular weight excluding hydrogens is 224 g/mol. The molecule has 1 saturated carbocycles. The summed E-state index contributed by atoms with van der Waals surface area (Å²) in [6.45, 7) is 2.25. The molecule has 0 unspecified atom stereocenters. The van der Waals surface area contributed by atoms with Crippen LogP contribution in [0.1, 0.15) is 37.7 Å². The van der Waals surface area contributed by atoms with Gasteiger partial charge in [0.25, 0.3) is 0 Å². The van der Waals surface area contributed by atoms with E-state index in [1.807, 2.05) is 6.07 Å². The van der Waals surface area contributed by atoms with Gasteiger partial charge in [0.15, 0.2) is 0 Å². The zero-order chi connectivity index (χ0) is 12.4. The van der Waals surface area contributed by atoms with E-state index in [-0.39, 0.29) is 5.54 Å². The Labute approximate surface area is 108 Å². The number of anilines is 1. The van der Waals surface area contributed by atoms with Crippen LogP contribution in [0.5, 0.6) is 0 Å². The highest BCUT2D eigenvalue weighted by atomic mass is 16.1. The first-order valence-corrected chi connectivity index (χ1v) is 6.79. The maximum atomic E-state index is 10.6. The van der Waals surface area contributed by atoms with Gasteiger partial charge in [0.1, 0.15) is 5.54 Å². The van der Waals surface area contributed by atoms with E-state index in [2.05, 4.69) is 28.1 Å². The molecule has 3 nitrogen and oxygen atoms in total. The minimum absolute atomic E-state index is 0.254. The fourth-order valence-electron chi connectivity index (χ4n) is 2.92. The Balaban J connectivity index is 1.97. The van der Waals surface area contributed by atoms with Crippen molar-refractivity contribution >= 4 is 11.8 Å². The molecular formula is C15H18N2O. The summed E-state index contributed by atoms with van der Waals surface area (Å²) in [4.78, 5) is 17.1. The van der Waals surface area contributed by atoms with Crippen molar-refractivity contribution in [2.45, 2.75) is 37.6 Å². The number of hydrogen-bond acceptors (Lipinski definition) is 3.